The summed E-state index contributed by atoms with van der Waals surface area (Å²) in [6.45, 7) is 2.99. The number of nitrogens with two attached hydrogens (primary N) is 1. The number of benzene rings is 1. The Morgan fingerprint density at radius 3 is 2.81 bits per heavy atom. The van der Waals surface area contributed by atoms with Gasteiger partial charge in [-0.05, 0) is 61.4 Å². The SMILES string of the molecule is COc1ccc(C2CCCC2CN)c(C)c1. The number of rotatable bonds is 3. The molecule has 0 spiro atoms. The van der Waals surface area contributed by atoms with Crippen LogP contribution in [-0.4, -0.2) is 13.7 Å². The first-order chi connectivity index (χ1) is 7.76. The minimum absolute atomic E-state index is 0.663. The second-order valence-corrected chi connectivity index (χ2v) is 4.76. The molecule has 0 aromatic heterocycles. The van der Waals surface area contributed by atoms with Gasteiger partial charge in [-0.15, -0.1) is 0 Å². The van der Waals surface area contributed by atoms with Crippen molar-refractivity contribution in [2.45, 2.75) is 32.1 Å². The third-order valence-electron chi connectivity index (χ3n) is 3.84. The maximum atomic E-state index is 5.84. The standard InChI is InChI=1S/C14H21NO/c1-10-8-12(16-2)6-7-13(10)14-5-3-4-11(14)9-15/h6-8,11,14H,3-5,9,15H2,1-2H3. The summed E-state index contributed by atoms with van der Waals surface area (Å²) < 4.78 is 5.24. The fourth-order valence-electron chi connectivity index (χ4n) is 2.92. The van der Waals surface area contributed by atoms with Gasteiger partial charge in [-0.1, -0.05) is 12.5 Å². The monoisotopic (exact) mass is 219 g/mol. The lowest BCUT2D eigenvalue weighted by atomic mass is 9.86. The van der Waals surface area contributed by atoms with Crippen LogP contribution in [0.2, 0.25) is 0 Å². The molecule has 2 rings (SSSR count). The van der Waals surface area contributed by atoms with Gasteiger partial charge in [0.1, 0.15) is 5.75 Å². The van der Waals surface area contributed by atoms with E-state index in [0.29, 0.717) is 11.8 Å². The molecule has 16 heavy (non-hydrogen) atoms. The molecule has 1 aliphatic rings. The van der Waals surface area contributed by atoms with Gasteiger partial charge >= 0.3 is 0 Å². The van der Waals surface area contributed by atoms with Crippen LogP contribution in [0.5, 0.6) is 5.75 Å². The molecule has 0 radical (unpaired) electrons. The predicted molar refractivity (Wildman–Crippen MR) is 66.9 cm³/mol. The zero-order chi connectivity index (χ0) is 11.5. The molecule has 1 aliphatic carbocycles. The van der Waals surface area contributed by atoms with Crippen LogP contribution in [-0.2, 0) is 0 Å². The lowest BCUT2D eigenvalue weighted by molar-refractivity contribution is 0.413. The normalized spacial score (nSPS) is 24.7. The van der Waals surface area contributed by atoms with Crippen molar-refractivity contribution in [3.05, 3.63) is 29.3 Å². The van der Waals surface area contributed by atoms with Gasteiger partial charge in [0.15, 0.2) is 0 Å². The largest absolute Gasteiger partial charge is 0.497 e. The second kappa shape index (κ2) is 4.88. The van der Waals surface area contributed by atoms with Crippen molar-refractivity contribution < 1.29 is 4.74 Å². The van der Waals surface area contributed by atoms with Gasteiger partial charge in [-0.2, -0.15) is 0 Å². The van der Waals surface area contributed by atoms with E-state index in [-0.39, 0.29) is 0 Å². The molecule has 1 saturated carbocycles. The number of methoxy groups -OCH3 is 1. The highest BCUT2D eigenvalue weighted by molar-refractivity contribution is 5.37. The molecular formula is C14H21NO. The average Bonchev–Trinajstić information content (AvgIpc) is 2.76. The van der Waals surface area contributed by atoms with Crippen molar-refractivity contribution >= 4 is 0 Å². The maximum Gasteiger partial charge on any atom is 0.119 e. The molecule has 1 aromatic carbocycles. The lowest BCUT2D eigenvalue weighted by Gasteiger charge is -2.20. The Labute approximate surface area is 97.8 Å². The fraction of sp³-hybridized carbons (Fsp3) is 0.571. The molecule has 1 aromatic rings. The number of ether oxygens (including phenoxy) is 1. The summed E-state index contributed by atoms with van der Waals surface area (Å²) in [6.07, 6.45) is 3.89. The van der Waals surface area contributed by atoms with Gasteiger partial charge in [0.2, 0.25) is 0 Å². The molecule has 2 atom stereocenters. The van der Waals surface area contributed by atoms with Gasteiger partial charge in [0.25, 0.3) is 0 Å². The van der Waals surface area contributed by atoms with E-state index in [9.17, 15) is 0 Å². The second-order valence-electron chi connectivity index (χ2n) is 4.76. The van der Waals surface area contributed by atoms with E-state index in [1.165, 1.54) is 30.4 Å². The van der Waals surface area contributed by atoms with Crippen LogP contribution >= 0.6 is 0 Å². The molecule has 0 aliphatic heterocycles. The summed E-state index contributed by atoms with van der Waals surface area (Å²) >= 11 is 0. The summed E-state index contributed by atoms with van der Waals surface area (Å²) in [5.74, 6) is 2.28. The van der Waals surface area contributed by atoms with Gasteiger partial charge in [0.05, 0.1) is 7.11 Å². The van der Waals surface area contributed by atoms with Crippen molar-refractivity contribution in [2.24, 2.45) is 11.7 Å². The molecular weight excluding hydrogens is 198 g/mol. The van der Waals surface area contributed by atoms with E-state index in [2.05, 4.69) is 25.1 Å². The number of hydrogen-bond donors (Lipinski definition) is 1. The topological polar surface area (TPSA) is 35.2 Å². The third kappa shape index (κ3) is 2.07. The molecule has 1 fully saturated rings. The van der Waals surface area contributed by atoms with Crippen LogP contribution in [0.3, 0.4) is 0 Å². The highest BCUT2D eigenvalue weighted by atomic mass is 16.5. The van der Waals surface area contributed by atoms with Crippen molar-refractivity contribution in [3.63, 3.8) is 0 Å². The van der Waals surface area contributed by atoms with E-state index in [1.807, 2.05) is 0 Å². The summed E-state index contributed by atoms with van der Waals surface area (Å²) in [5.41, 5.74) is 8.65. The number of aryl methyl sites for hydroxylation is 1. The Morgan fingerprint density at radius 2 is 2.19 bits per heavy atom. The highest BCUT2D eigenvalue weighted by Gasteiger charge is 2.28. The van der Waals surface area contributed by atoms with Crippen LogP contribution in [0.4, 0.5) is 0 Å². The molecule has 2 N–H and O–H groups in total. The first-order valence-electron chi connectivity index (χ1n) is 6.11. The highest BCUT2D eigenvalue weighted by Crippen LogP contribution is 2.40. The van der Waals surface area contributed by atoms with Crippen LogP contribution in [0.15, 0.2) is 18.2 Å². The quantitative estimate of drug-likeness (QED) is 0.848. The van der Waals surface area contributed by atoms with Crippen molar-refractivity contribution in [2.75, 3.05) is 13.7 Å². The van der Waals surface area contributed by atoms with E-state index in [0.717, 1.165) is 12.3 Å². The Morgan fingerprint density at radius 1 is 1.38 bits per heavy atom. The summed E-state index contributed by atoms with van der Waals surface area (Å²) in [5, 5.41) is 0. The van der Waals surface area contributed by atoms with Gasteiger partial charge in [-0.25, -0.2) is 0 Å². The van der Waals surface area contributed by atoms with E-state index in [4.69, 9.17) is 10.5 Å². The minimum atomic E-state index is 0.663. The van der Waals surface area contributed by atoms with Crippen molar-refractivity contribution in [1.82, 2.24) is 0 Å². The molecule has 0 bridgehead atoms. The Hall–Kier alpha value is -1.02. The number of hydrogen-bond acceptors (Lipinski definition) is 2. The molecule has 2 unspecified atom stereocenters. The van der Waals surface area contributed by atoms with Crippen molar-refractivity contribution in [3.8, 4) is 5.75 Å². The molecule has 88 valence electrons. The molecule has 2 heteroatoms. The van der Waals surface area contributed by atoms with Crippen LogP contribution in [0, 0.1) is 12.8 Å². The Kier molecular flexibility index (Phi) is 3.49. The maximum absolute atomic E-state index is 5.84. The zero-order valence-electron chi connectivity index (χ0n) is 10.2. The summed E-state index contributed by atoms with van der Waals surface area (Å²) in [7, 11) is 1.71. The van der Waals surface area contributed by atoms with E-state index >= 15 is 0 Å². The summed E-state index contributed by atoms with van der Waals surface area (Å²) in [4.78, 5) is 0. The average molecular weight is 219 g/mol. The van der Waals surface area contributed by atoms with Crippen LogP contribution in [0.25, 0.3) is 0 Å². The predicted octanol–water partition coefficient (Wildman–Crippen LogP) is 2.85. The fourth-order valence-corrected chi connectivity index (χ4v) is 2.92. The van der Waals surface area contributed by atoms with Gasteiger partial charge in [-0.3, -0.25) is 0 Å². The van der Waals surface area contributed by atoms with E-state index in [1.54, 1.807) is 7.11 Å². The molecule has 0 amide bonds. The first-order valence-corrected chi connectivity index (χ1v) is 6.11. The Balaban J connectivity index is 2.26. The molecule has 0 heterocycles. The molecule has 2 nitrogen and oxygen atoms in total. The first kappa shape index (κ1) is 11.5. The lowest BCUT2D eigenvalue weighted by Crippen LogP contribution is -2.17. The Bertz CT molecular complexity index is 362. The smallest absolute Gasteiger partial charge is 0.119 e. The van der Waals surface area contributed by atoms with Gasteiger partial charge < -0.3 is 10.5 Å². The minimum Gasteiger partial charge on any atom is -0.497 e. The van der Waals surface area contributed by atoms with E-state index < -0.39 is 0 Å². The zero-order valence-corrected chi connectivity index (χ0v) is 10.2. The third-order valence-corrected chi connectivity index (χ3v) is 3.84. The van der Waals surface area contributed by atoms with Crippen molar-refractivity contribution in [1.29, 1.82) is 0 Å². The van der Waals surface area contributed by atoms with Gasteiger partial charge in [0, 0.05) is 0 Å². The molecule has 0 saturated heterocycles. The van der Waals surface area contributed by atoms with Crippen LogP contribution in [0.1, 0.15) is 36.3 Å². The van der Waals surface area contributed by atoms with Crippen LogP contribution < -0.4 is 10.5 Å². The summed E-state index contributed by atoms with van der Waals surface area (Å²) in [6, 6.07) is 6.41.